The van der Waals surface area contributed by atoms with Crippen LogP contribution in [0.25, 0.3) is 11.0 Å². The van der Waals surface area contributed by atoms with Gasteiger partial charge in [0.25, 0.3) is 5.91 Å². The molecule has 7 nitrogen and oxygen atoms in total. The van der Waals surface area contributed by atoms with Crippen molar-refractivity contribution in [2.75, 3.05) is 18.4 Å². The maximum absolute atomic E-state index is 12.7. The van der Waals surface area contributed by atoms with Crippen LogP contribution in [-0.2, 0) is 0 Å². The number of hydrogen-bond acceptors (Lipinski definition) is 6. The van der Waals surface area contributed by atoms with E-state index in [0.717, 1.165) is 35.4 Å². The zero-order valence-corrected chi connectivity index (χ0v) is 14.6. The van der Waals surface area contributed by atoms with Crippen molar-refractivity contribution in [2.45, 2.75) is 25.8 Å². The average Bonchev–Trinajstić information content (AvgIpc) is 2.69. The molecule has 1 amide bonds. The van der Waals surface area contributed by atoms with E-state index < -0.39 is 0 Å². The van der Waals surface area contributed by atoms with Crippen LogP contribution in [0, 0.1) is 6.92 Å². The molecule has 132 valence electrons. The lowest BCUT2D eigenvalue weighted by Gasteiger charge is -2.32. The fourth-order valence-corrected chi connectivity index (χ4v) is 3.13. The van der Waals surface area contributed by atoms with E-state index in [0.29, 0.717) is 24.8 Å². The fourth-order valence-electron chi connectivity index (χ4n) is 3.13. The molecule has 0 saturated carbocycles. The zero-order chi connectivity index (χ0) is 17.9. The summed E-state index contributed by atoms with van der Waals surface area (Å²) in [7, 11) is 0. The standard InChI is InChI=1S/C19H20N6O/c1-13-6-7-18(24-23-13)21-14-8-10-25(11-9-14)19(26)17-12-20-15-4-2-3-5-16(15)22-17/h2-7,12,14H,8-11H2,1H3,(H,21,24). The number of piperidine rings is 1. The molecule has 0 atom stereocenters. The van der Waals surface area contributed by atoms with E-state index in [2.05, 4.69) is 25.5 Å². The van der Waals surface area contributed by atoms with E-state index in [1.54, 1.807) is 6.20 Å². The molecule has 0 unspecified atom stereocenters. The van der Waals surface area contributed by atoms with Crippen LogP contribution in [-0.4, -0.2) is 50.1 Å². The Hall–Kier alpha value is -3.09. The van der Waals surface area contributed by atoms with E-state index in [1.165, 1.54) is 0 Å². The van der Waals surface area contributed by atoms with Gasteiger partial charge >= 0.3 is 0 Å². The summed E-state index contributed by atoms with van der Waals surface area (Å²) in [5.41, 5.74) is 2.84. The summed E-state index contributed by atoms with van der Waals surface area (Å²) in [5, 5.41) is 11.6. The molecule has 3 heterocycles. The summed E-state index contributed by atoms with van der Waals surface area (Å²) >= 11 is 0. The molecule has 0 aliphatic carbocycles. The lowest BCUT2D eigenvalue weighted by molar-refractivity contribution is 0.0712. The third-order valence-corrected chi connectivity index (χ3v) is 4.60. The van der Waals surface area contributed by atoms with E-state index in [4.69, 9.17) is 0 Å². The first kappa shape index (κ1) is 16.4. The number of benzene rings is 1. The Kier molecular flexibility index (Phi) is 4.43. The molecule has 0 bridgehead atoms. The second kappa shape index (κ2) is 7.03. The Bertz CT molecular complexity index is 919. The van der Waals surface area contributed by atoms with Gasteiger partial charge in [-0.25, -0.2) is 4.98 Å². The molecule has 0 radical (unpaired) electrons. The monoisotopic (exact) mass is 348 g/mol. The number of fused-ring (bicyclic) bond motifs is 1. The van der Waals surface area contributed by atoms with Gasteiger partial charge in [-0.2, -0.15) is 5.10 Å². The first-order chi connectivity index (χ1) is 12.7. The number of nitrogens with zero attached hydrogens (tertiary/aromatic N) is 5. The zero-order valence-electron chi connectivity index (χ0n) is 14.6. The topological polar surface area (TPSA) is 83.9 Å². The van der Waals surface area contributed by atoms with Crippen molar-refractivity contribution in [2.24, 2.45) is 0 Å². The Balaban J connectivity index is 1.38. The summed E-state index contributed by atoms with van der Waals surface area (Å²) in [4.78, 5) is 23.4. The molecule has 1 fully saturated rings. The van der Waals surface area contributed by atoms with Gasteiger partial charge in [0.2, 0.25) is 0 Å². The minimum Gasteiger partial charge on any atom is -0.366 e. The van der Waals surface area contributed by atoms with Crippen LogP contribution < -0.4 is 5.32 Å². The molecule has 4 rings (SSSR count). The highest BCUT2D eigenvalue weighted by atomic mass is 16.2. The molecule has 0 spiro atoms. The van der Waals surface area contributed by atoms with Gasteiger partial charge in [-0.3, -0.25) is 9.78 Å². The number of para-hydroxylation sites is 2. The number of carbonyl (C=O) groups excluding carboxylic acids is 1. The van der Waals surface area contributed by atoms with E-state index in [-0.39, 0.29) is 5.91 Å². The normalized spacial score (nSPS) is 15.2. The number of rotatable bonds is 3. The molecule has 1 aliphatic rings. The number of aromatic nitrogens is 4. The van der Waals surface area contributed by atoms with Crippen molar-refractivity contribution in [3.05, 3.63) is 54.0 Å². The van der Waals surface area contributed by atoms with E-state index in [9.17, 15) is 4.79 Å². The molecule has 7 heteroatoms. The van der Waals surface area contributed by atoms with Crippen molar-refractivity contribution < 1.29 is 4.79 Å². The second-order valence-corrected chi connectivity index (χ2v) is 6.51. The number of nitrogens with one attached hydrogen (secondary N) is 1. The van der Waals surface area contributed by atoms with Crippen molar-refractivity contribution in [3.8, 4) is 0 Å². The van der Waals surface area contributed by atoms with Crippen molar-refractivity contribution >= 4 is 22.8 Å². The second-order valence-electron chi connectivity index (χ2n) is 6.51. The predicted molar refractivity (Wildman–Crippen MR) is 98.9 cm³/mol. The predicted octanol–water partition coefficient (Wildman–Crippen LogP) is 2.44. The molecular weight excluding hydrogens is 328 g/mol. The van der Waals surface area contributed by atoms with E-state index >= 15 is 0 Å². The maximum atomic E-state index is 12.7. The minimum absolute atomic E-state index is 0.0585. The van der Waals surface area contributed by atoms with Crippen molar-refractivity contribution in [3.63, 3.8) is 0 Å². The summed E-state index contributed by atoms with van der Waals surface area (Å²) in [5.74, 6) is 0.720. The summed E-state index contributed by atoms with van der Waals surface area (Å²) in [6.07, 6.45) is 3.29. The van der Waals surface area contributed by atoms with Gasteiger partial charge in [0.05, 0.1) is 22.9 Å². The van der Waals surface area contributed by atoms with Gasteiger partial charge in [0, 0.05) is 19.1 Å². The third-order valence-electron chi connectivity index (χ3n) is 4.60. The Morgan fingerprint density at radius 3 is 2.58 bits per heavy atom. The highest BCUT2D eigenvalue weighted by Gasteiger charge is 2.25. The van der Waals surface area contributed by atoms with Crippen LogP contribution in [0.1, 0.15) is 29.0 Å². The number of amides is 1. The molecule has 1 N–H and O–H groups in total. The first-order valence-corrected chi connectivity index (χ1v) is 8.77. The lowest BCUT2D eigenvalue weighted by atomic mass is 10.0. The van der Waals surface area contributed by atoms with E-state index in [1.807, 2.05) is 48.2 Å². The van der Waals surface area contributed by atoms with Crippen molar-refractivity contribution in [1.82, 2.24) is 25.1 Å². The third kappa shape index (κ3) is 3.46. The summed E-state index contributed by atoms with van der Waals surface area (Å²) in [6, 6.07) is 11.7. The molecule has 1 saturated heterocycles. The Morgan fingerprint density at radius 2 is 1.85 bits per heavy atom. The van der Waals surface area contributed by atoms with Gasteiger partial charge in [0.1, 0.15) is 11.5 Å². The van der Waals surface area contributed by atoms with Crippen molar-refractivity contribution in [1.29, 1.82) is 0 Å². The van der Waals surface area contributed by atoms with Gasteiger partial charge in [-0.1, -0.05) is 12.1 Å². The Morgan fingerprint density at radius 1 is 1.08 bits per heavy atom. The molecule has 2 aromatic heterocycles. The lowest BCUT2D eigenvalue weighted by Crippen LogP contribution is -2.42. The fraction of sp³-hybridized carbons (Fsp3) is 0.316. The van der Waals surface area contributed by atoms with Gasteiger partial charge < -0.3 is 10.2 Å². The van der Waals surface area contributed by atoms with Crippen LogP contribution in [0.4, 0.5) is 5.82 Å². The smallest absolute Gasteiger partial charge is 0.274 e. The molecule has 1 aliphatic heterocycles. The Labute approximate surface area is 151 Å². The van der Waals surface area contributed by atoms with Crippen LogP contribution in [0.3, 0.4) is 0 Å². The summed E-state index contributed by atoms with van der Waals surface area (Å²) < 4.78 is 0. The number of aryl methyl sites for hydroxylation is 1. The molecule has 3 aromatic rings. The first-order valence-electron chi connectivity index (χ1n) is 8.77. The van der Waals surface area contributed by atoms with Crippen LogP contribution in [0.5, 0.6) is 0 Å². The maximum Gasteiger partial charge on any atom is 0.274 e. The van der Waals surface area contributed by atoms with Gasteiger partial charge in [-0.15, -0.1) is 5.10 Å². The van der Waals surface area contributed by atoms with Crippen LogP contribution >= 0.6 is 0 Å². The molecule has 26 heavy (non-hydrogen) atoms. The number of carbonyl (C=O) groups is 1. The number of anilines is 1. The quantitative estimate of drug-likeness (QED) is 0.783. The number of hydrogen-bond donors (Lipinski definition) is 1. The SMILES string of the molecule is Cc1ccc(NC2CCN(C(=O)c3cnc4ccccc4n3)CC2)nn1. The molecular formula is C19H20N6O. The largest absolute Gasteiger partial charge is 0.366 e. The summed E-state index contributed by atoms with van der Waals surface area (Å²) in [6.45, 7) is 3.28. The highest BCUT2D eigenvalue weighted by Crippen LogP contribution is 2.17. The number of likely N-dealkylation sites (tertiary alicyclic amines) is 1. The van der Waals surface area contributed by atoms with Crippen LogP contribution in [0.2, 0.25) is 0 Å². The minimum atomic E-state index is -0.0585. The molecule has 1 aromatic carbocycles. The average molecular weight is 348 g/mol. The van der Waals surface area contributed by atoms with Gasteiger partial charge in [0.15, 0.2) is 0 Å². The van der Waals surface area contributed by atoms with Crippen LogP contribution in [0.15, 0.2) is 42.6 Å². The van der Waals surface area contributed by atoms with Gasteiger partial charge in [-0.05, 0) is 44.0 Å². The highest BCUT2D eigenvalue weighted by molar-refractivity contribution is 5.93.